The predicted molar refractivity (Wildman–Crippen MR) is 64.5 cm³/mol. The first-order chi connectivity index (χ1) is 8.22. The molecule has 0 radical (unpaired) electrons. The molecule has 17 heavy (non-hydrogen) atoms. The lowest BCUT2D eigenvalue weighted by Crippen LogP contribution is -2.09. The Hall–Kier alpha value is -2.38. The van der Waals surface area contributed by atoms with Gasteiger partial charge in [-0.1, -0.05) is 36.4 Å². The molecule has 0 N–H and O–H groups in total. The van der Waals surface area contributed by atoms with E-state index in [1.807, 2.05) is 30.3 Å². The second-order valence-electron chi connectivity index (χ2n) is 3.59. The van der Waals surface area contributed by atoms with E-state index in [9.17, 15) is 9.59 Å². The Labute approximate surface area is 98.3 Å². The van der Waals surface area contributed by atoms with Crippen LogP contribution in [0.4, 0.5) is 0 Å². The summed E-state index contributed by atoms with van der Waals surface area (Å²) in [6, 6.07) is 13.0. The summed E-state index contributed by atoms with van der Waals surface area (Å²) in [5.74, 6) is 1.30. The van der Waals surface area contributed by atoms with Crippen LogP contribution in [0.3, 0.4) is 0 Å². The molecule has 3 nitrogen and oxygen atoms in total. The van der Waals surface area contributed by atoms with E-state index in [-0.39, 0.29) is 5.57 Å². The summed E-state index contributed by atoms with van der Waals surface area (Å²) < 4.78 is 5.14. The van der Waals surface area contributed by atoms with E-state index in [2.05, 4.69) is 0 Å². The lowest BCUT2D eigenvalue weighted by Gasteiger charge is -2.06. The van der Waals surface area contributed by atoms with Crippen LogP contribution in [0, 0.1) is 0 Å². The minimum Gasteiger partial charge on any atom is -0.422 e. The molecule has 0 aliphatic rings. The van der Waals surface area contributed by atoms with E-state index in [4.69, 9.17) is 4.74 Å². The highest BCUT2D eigenvalue weighted by atomic mass is 16.5. The standard InChI is InChI=1S/C14H10O3/c1-10(9-15)14(16)17-13-8-4-6-11-5-2-3-7-12(11)13/h2-8H,1H3. The summed E-state index contributed by atoms with van der Waals surface area (Å²) in [5.41, 5.74) is -0.0714. The van der Waals surface area contributed by atoms with E-state index in [0.29, 0.717) is 5.75 Å². The first-order valence-electron chi connectivity index (χ1n) is 5.14. The van der Waals surface area contributed by atoms with Crippen LogP contribution in [0.15, 0.2) is 48.0 Å². The highest BCUT2D eigenvalue weighted by Gasteiger charge is 2.10. The number of rotatable bonds is 2. The lowest BCUT2D eigenvalue weighted by molar-refractivity contribution is -0.129. The van der Waals surface area contributed by atoms with Crippen molar-refractivity contribution in [1.29, 1.82) is 0 Å². The van der Waals surface area contributed by atoms with Crippen molar-refractivity contribution >= 4 is 22.7 Å². The predicted octanol–water partition coefficient (Wildman–Crippen LogP) is 2.52. The van der Waals surface area contributed by atoms with Gasteiger partial charge < -0.3 is 4.74 Å². The van der Waals surface area contributed by atoms with Crippen molar-refractivity contribution in [2.24, 2.45) is 0 Å². The molecule has 2 aromatic carbocycles. The Morgan fingerprint density at radius 2 is 1.82 bits per heavy atom. The van der Waals surface area contributed by atoms with Crippen molar-refractivity contribution in [2.45, 2.75) is 6.92 Å². The third-order valence-electron chi connectivity index (χ3n) is 2.41. The SMILES string of the molecule is CC(=C=O)C(=O)Oc1cccc2ccccc12. The number of esters is 1. The van der Waals surface area contributed by atoms with E-state index < -0.39 is 5.97 Å². The Morgan fingerprint density at radius 3 is 2.59 bits per heavy atom. The molecule has 0 amide bonds. The zero-order valence-corrected chi connectivity index (χ0v) is 9.27. The number of carbonyl (C=O) groups excluding carboxylic acids is 2. The summed E-state index contributed by atoms with van der Waals surface area (Å²) in [4.78, 5) is 21.8. The van der Waals surface area contributed by atoms with Crippen molar-refractivity contribution < 1.29 is 14.3 Å². The summed E-state index contributed by atoms with van der Waals surface area (Å²) in [6.07, 6.45) is 0. The molecule has 0 saturated heterocycles. The maximum absolute atomic E-state index is 11.5. The van der Waals surface area contributed by atoms with Crippen molar-refractivity contribution in [3.05, 3.63) is 48.0 Å². The van der Waals surface area contributed by atoms with Gasteiger partial charge in [-0.2, -0.15) is 0 Å². The van der Waals surface area contributed by atoms with Gasteiger partial charge in [-0.15, -0.1) is 0 Å². The van der Waals surface area contributed by atoms with Crippen LogP contribution in [0.5, 0.6) is 5.75 Å². The topological polar surface area (TPSA) is 43.4 Å². The Kier molecular flexibility index (Phi) is 3.03. The molecule has 0 unspecified atom stereocenters. The Balaban J connectivity index is 2.43. The normalized spacial score (nSPS) is 9.71. The van der Waals surface area contributed by atoms with Gasteiger partial charge in [0.1, 0.15) is 17.3 Å². The van der Waals surface area contributed by atoms with E-state index in [1.165, 1.54) is 12.9 Å². The van der Waals surface area contributed by atoms with Crippen molar-refractivity contribution in [2.75, 3.05) is 0 Å². The van der Waals surface area contributed by atoms with Gasteiger partial charge in [0.2, 0.25) is 0 Å². The molecular formula is C14H10O3. The van der Waals surface area contributed by atoms with Gasteiger partial charge in [-0.3, -0.25) is 0 Å². The summed E-state index contributed by atoms with van der Waals surface area (Å²) in [7, 11) is 0. The van der Waals surface area contributed by atoms with Crippen molar-refractivity contribution in [3.8, 4) is 5.75 Å². The van der Waals surface area contributed by atoms with Gasteiger partial charge in [0.05, 0.1) is 0 Å². The number of carbonyl (C=O) groups is 1. The molecule has 0 heterocycles. The fraction of sp³-hybridized carbons (Fsp3) is 0.0714. The van der Waals surface area contributed by atoms with Crippen LogP contribution < -0.4 is 4.74 Å². The monoisotopic (exact) mass is 226 g/mol. The largest absolute Gasteiger partial charge is 0.422 e. The zero-order chi connectivity index (χ0) is 12.3. The lowest BCUT2D eigenvalue weighted by atomic mass is 10.1. The highest BCUT2D eigenvalue weighted by molar-refractivity contribution is 5.99. The summed E-state index contributed by atoms with van der Waals surface area (Å²) >= 11 is 0. The number of fused-ring (bicyclic) bond motifs is 1. The van der Waals surface area contributed by atoms with Crippen LogP contribution in [0.25, 0.3) is 10.8 Å². The molecule has 3 heteroatoms. The van der Waals surface area contributed by atoms with Crippen LogP contribution in [0.1, 0.15) is 6.92 Å². The second-order valence-corrected chi connectivity index (χ2v) is 3.59. The van der Waals surface area contributed by atoms with Crippen molar-refractivity contribution in [1.82, 2.24) is 0 Å². The molecule has 0 aromatic heterocycles. The molecule has 2 rings (SSSR count). The van der Waals surface area contributed by atoms with Crippen LogP contribution in [0.2, 0.25) is 0 Å². The maximum atomic E-state index is 11.5. The molecular weight excluding hydrogens is 216 g/mol. The van der Waals surface area contributed by atoms with Crippen molar-refractivity contribution in [3.63, 3.8) is 0 Å². The van der Waals surface area contributed by atoms with Gasteiger partial charge in [0, 0.05) is 5.39 Å². The average Bonchev–Trinajstić information content (AvgIpc) is 2.38. The van der Waals surface area contributed by atoms with E-state index in [1.54, 1.807) is 12.1 Å². The number of hydrogen-bond donors (Lipinski definition) is 0. The second kappa shape index (κ2) is 4.64. The fourth-order valence-electron chi connectivity index (χ4n) is 1.50. The molecule has 0 atom stereocenters. The third kappa shape index (κ3) is 2.25. The van der Waals surface area contributed by atoms with Gasteiger partial charge in [-0.05, 0) is 18.4 Å². The number of hydrogen-bond acceptors (Lipinski definition) is 3. The minimum atomic E-state index is -0.670. The molecule has 0 aliphatic heterocycles. The molecule has 84 valence electrons. The highest BCUT2D eigenvalue weighted by Crippen LogP contribution is 2.25. The van der Waals surface area contributed by atoms with Gasteiger partial charge in [0.15, 0.2) is 0 Å². The smallest absolute Gasteiger partial charge is 0.350 e. The van der Waals surface area contributed by atoms with E-state index >= 15 is 0 Å². The zero-order valence-electron chi connectivity index (χ0n) is 9.27. The molecule has 0 spiro atoms. The molecule has 2 aromatic rings. The van der Waals surface area contributed by atoms with Crippen LogP contribution in [-0.2, 0) is 9.59 Å². The Morgan fingerprint density at radius 1 is 1.12 bits per heavy atom. The molecule has 0 saturated carbocycles. The van der Waals surface area contributed by atoms with Gasteiger partial charge in [-0.25, -0.2) is 9.59 Å². The Bertz CT molecular complexity index is 617. The van der Waals surface area contributed by atoms with Gasteiger partial charge >= 0.3 is 5.97 Å². The minimum absolute atomic E-state index is 0.0714. The fourth-order valence-corrected chi connectivity index (χ4v) is 1.50. The van der Waals surface area contributed by atoms with Crippen LogP contribution >= 0.6 is 0 Å². The third-order valence-corrected chi connectivity index (χ3v) is 2.41. The first kappa shape index (κ1) is 11.1. The first-order valence-corrected chi connectivity index (χ1v) is 5.14. The molecule has 0 aliphatic carbocycles. The average molecular weight is 226 g/mol. The van der Waals surface area contributed by atoms with Gasteiger partial charge in [0.25, 0.3) is 0 Å². The van der Waals surface area contributed by atoms with E-state index in [0.717, 1.165) is 10.8 Å². The molecule has 0 fully saturated rings. The van der Waals surface area contributed by atoms with Crippen LogP contribution in [-0.4, -0.2) is 11.9 Å². The summed E-state index contributed by atoms with van der Waals surface area (Å²) in [5, 5.41) is 1.81. The summed E-state index contributed by atoms with van der Waals surface area (Å²) in [6.45, 7) is 1.38. The molecule has 0 bridgehead atoms. The number of benzene rings is 2. The maximum Gasteiger partial charge on any atom is 0.350 e. The quantitative estimate of drug-likeness (QED) is 0.342. The number of ether oxygens (including phenoxy) is 1.